The number of hydrogen-bond acceptors (Lipinski definition) is 1. The number of pyridine rings is 1. The lowest BCUT2D eigenvalue weighted by Gasteiger charge is -2.09. The highest BCUT2D eigenvalue weighted by Gasteiger charge is 2.07. The fourth-order valence-corrected chi connectivity index (χ4v) is 3.45. The van der Waals surface area contributed by atoms with Gasteiger partial charge in [0, 0.05) is 5.39 Å². The van der Waals surface area contributed by atoms with Gasteiger partial charge in [-0.25, -0.2) is 4.98 Å². The molecule has 0 aliphatic rings. The summed E-state index contributed by atoms with van der Waals surface area (Å²) in [7, 11) is 0. The zero-order chi connectivity index (χ0) is 15.6. The summed E-state index contributed by atoms with van der Waals surface area (Å²) >= 11 is 2.29. The summed E-state index contributed by atoms with van der Waals surface area (Å²) in [4.78, 5) is 4.63. The monoisotopic (exact) mass is 407 g/mol. The molecule has 0 unspecified atom stereocenters. The van der Waals surface area contributed by atoms with Gasteiger partial charge in [-0.2, -0.15) is 0 Å². The lowest BCUT2D eigenvalue weighted by atomic mass is 9.97. The van der Waals surface area contributed by atoms with Crippen LogP contribution in [0.5, 0.6) is 0 Å². The van der Waals surface area contributed by atoms with Gasteiger partial charge in [-0.05, 0) is 63.0 Å². The van der Waals surface area contributed by atoms with Crippen LogP contribution in [0.3, 0.4) is 0 Å². The molecule has 23 heavy (non-hydrogen) atoms. The number of rotatable bonds is 2. The lowest BCUT2D eigenvalue weighted by Crippen LogP contribution is -1.88. The molecule has 110 valence electrons. The van der Waals surface area contributed by atoms with Crippen LogP contribution in [0.2, 0.25) is 0 Å². The summed E-state index contributed by atoms with van der Waals surface area (Å²) in [5, 5.41) is 1.19. The van der Waals surface area contributed by atoms with E-state index in [1.165, 1.54) is 27.6 Å². The van der Waals surface area contributed by atoms with Crippen molar-refractivity contribution >= 4 is 33.5 Å². The van der Waals surface area contributed by atoms with Crippen molar-refractivity contribution in [3.63, 3.8) is 0 Å². The van der Waals surface area contributed by atoms with Crippen LogP contribution in [0, 0.1) is 3.70 Å². The highest BCUT2D eigenvalue weighted by Crippen LogP contribution is 2.31. The SMILES string of the molecule is Ic1cc(-c2cccc(-c3ccccc3)c2)c2ccccc2n1. The van der Waals surface area contributed by atoms with Gasteiger partial charge >= 0.3 is 0 Å². The van der Waals surface area contributed by atoms with Gasteiger partial charge < -0.3 is 0 Å². The Kier molecular flexibility index (Phi) is 3.83. The summed E-state index contributed by atoms with van der Waals surface area (Å²) in [6, 6.07) is 29.7. The second-order valence-corrected chi connectivity index (χ2v) is 6.56. The molecule has 0 N–H and O–H groups in total. The van der Waals surface area contributed by atoms with E-state index in [4.69, 9.17) is 0 Å². The van der Waals surface area contributed by atoms with Gasteiger partial charge in [-0.3, -0.25) is 0 Å². The van der Waals surface area contributed by atoms with Crippen molar-refractivity contribution in [3.8, 4) is 22.3 Å². The van der Waals surface area contributed by atoms with Gasteiger partial charge in [0.05, 0.1) is 5.52 Å². The Labute approximate surface area is 149 Å². The normalized spacial score (nSPS) is 10.8. The zero-order valence-corrected chi connectivity index (χ0v) is 14.6. The minimum atomic E-state index is 1.02. The van der Waals surface area contributed by atoms with E-state index < -0.39 is 0 Å². The molecular formula is C21H14IN. The summed E-state index contributed by atoms with van der Waals surface area (Å²) in [6.07, 6.45) is 0. The molecule has 1 heterocycles. The largest absolute Gasteiger partial charge is 0.242 e. The van der Waals surface area contributed by atoms with E-state index in [0.717, 1.165) is 9.22 Å². The van der Waals surface area contributed by atoms with Crippen molar-refractivity contribution in [2.24, 2.45) is 0 Å². The molecule has 0 atom stereocenters. The zero-order valence-electron chi connectivity index (χ0n) is 12.4. The second-order valence-electron chi connectivity index (χ2n) is 5.46. The van der Waals surface area contributed by atoms with E-state index >= 15 is 0 Å². The van der Waals surface area contributed by atoms with Gasteiger partial charge in [0.25, 0.3) is 0 Å². The number of fused-ring (bicyclic) bond motifs is 1. The van der Waals surface area contributed by atoms with Crippen LogP contribution < -0.4 is 0 Å². The van der Waals surface area contributed by atoms with Crippen LogP contribution in [0.4, 0.5) is 0 Å². The predicted molar refractivity (Wildman–Crippen MR) is 105 cm³/mol. The van der Waals surface area contributed by atoms with Crippen LogP contribution in [0.15, 0.2) is 84.9 Å². The minimum absolute atomic E-state index is 1.02. The number of halogens is 1. The summed E-state index contributed by atoms with van der Waals surface area (Å²) < 4.78 is 1.02. The lowest BCUT2D eigenvalue weighted by molar-refractivity contribution is 1.35. The summed E-state index contributed by atoms with van der Waals surface area (Å²) in [5.41, 5.74) is 5.97. The second kappa shape index (κ2) is 6.13. The maximum Gasteiger partial charge on any atom is 0.102 e. The van der Waals surface area contributed by atoms with Crippen LogP contribution in [0.25, 0.3) is 33.2 Å². The number of aromatic nitrogens is 1. The Morgan fingerprint density at radius 2 is 1.30 bits per heavy atom. The third-order valence-corrected chi connectivity index (χ3v) is 4.52. The van der Waals surface area contributed by atoms with E-state index in [9.17, 15) is 0 Å². The molecule has 0 saturated carbocycles. The van der Waals surface area contributed by atoms with Crippen LogP contribution in [-0.4, -0.2) is 4.98 Å². The van der Waals surface area contributed by atoms with E-state index in [-0.39, 0.29) is 0 Å². The number of hydrogen-bond donors (Lipinski definition) is 0. The van der Waals surface area contributed by atoms with Crippen LogP contribution >= 0.6 is 22.6 Å². The minimum Gasteiger partial charge on any atom is -0.242 e. The summed E-state index contributed by atoms with van der Waals surface area (Å²) in [5.74, 6) is 0. The Balaban J connectivity index is 1.92. The average Bonchev–Trinajstić information content (AvgIpc) is 2.62. The predicted octanol–water partition coefficient (Wildman–Crippen LogP) is 6.17. The number of nitrogens with zero attached hydrogens (tertiary/aromatic N) is 1. The molecule has 0 aliphatic carbocycles. The standard InChI is InChI=1S/C21H14IN/c22-21-14-19(18-11-4-5-12-20(18)23-21)17-10-6-9-16(13-17)15-7-2-1-3-8-15/h1-14H. The molecule has 1 nitrogen and oxygen atoms in total. The summed E-state index contributed by atoms with van der Waals surface area (Å²) in [6.45, 7) is 0. The molecule has 4 aromatic rings. The fourth-order valence-electron chi connectivity index (χ4n) is 2.88. The third kappa shape index (κ3) is 2.86. The molecule has 0 spiro atoms. The van der Waals surface area contributed by atoms with Crippen molar-refractivity contribution in [1.82, 2.24) is 4.98 Å². The molecule has 4 rings (SSSR count). The first-order valence-corrected chi connectivity index (χ1v) is 8.60. The smallest absolute Gasteiger partial charge is 0.102 e. The van der Waals surface area contributed by atoms with Crippen molar-refractivity contribution in [2.75, 3.05) is 0 Å². The Hall–Kier alpha value is -2.20. The molecule has 0 saturated heterocycles. The van der Waals surface area contributed by atoms with E-state index in [1.807, 2.05) is 12.1 Å². The Bertz CT molecular complexity index is 977. The molecule has 0 amide bonds. The van der Waals surface area contributed by atoms with Crippen molar-refractivity contribution in [3.05, 3.63) is 88.6 Å². The van der Waals surface area contributed by atoms with E-state index in [0.29, 0.717) is 0 Å². The van der Waals surface area contributed by atoms with Gasteiger partial charge in [0.2, 0.25) is 0 Å². The van der Waals surface area contributed by atoms with Crippen molar-refractivity contribution in [2.45, 2.75) is 0 Å². The maximum atomic E-state index is 4.63. The first-order chi connectivity index (χ1) is 11.3. The fraction of sp³-hybridized carbons (Fsp3) is 0. The molecule has 0 fully saturated rings. The molecular weight excluding hydrogens is 393 g/mol. The number of para-hydroxylation sites is 1. The first-order valence-electron chi connectivity index (χ1n) is 7.52. The molecule has 2 heteroatoms. The van der Waals surface area contributed by atoms with E-state index in [2.05, 4.69) is 100 Å². The van der Waals surface area contributed by atoms with Crippen LogP contribution in [-0.2, 0) is 0 Å². The third-order valence-electron chi connectivity index (χ3n) is 3.97. The highest BCUT2D eigenvalue weighted by atomic mass is 127. The van der Waals surface area contributed by atoms with Gasteiger partial charge in [-0.1, -0.05) is 66.7 Å². The van der Waals surface area contributed by atoms with Gasteiger partial charge in [0.15, 0.2) is 0 Å². The van der Waals surface area contributed by atoms with Gasteiger partial charge in [-0.15, -0.1) is 0 Å². The Morgan fingerprint density at radius 1 is 0.609 bits per heavy atom. The molecule has 0 aliphatic heterocycles. The highest BCUT2D eigenvalue weighted by molar-refractivity contribution is 14.1. The maximum absolute atomic E-state index is 4.63. The first kappa shape index (κ1) is 14.4. The molecule has 1 aromatic heterocycles. The Morgan fingerprint density at radius 3 is 2.17 bits per heavy atom. The van der Waals surface area contributed by atoms with Gasteiger partial charge in [0.1, 0.15) is 3.70 Å². The topological polar surface area (TPSA) is 12.9 Å². The van der Waals surface area contributed by atoms with E-state index in [1.54, 1.807) is 0 Å². The molecule has 0 radical (unpaired) electrons. The molecule has 0 bridgehead atoms. The van der Waals surface area contributed by atoms with Crippen LogP contribution in [0.1, 0.15) is 0 Å². The number of benzene rings is 3. The average molecular weight is 407 g/mol. The van der Waals surface area contributed by atoms with Crippen molar-refractivity contribution < 1.29 is 0 Å². The van der Waals surface area contributed by atoms with Crippen molar-refractivity contribution in [1.29, 1.82) is 0 Å². The molecule has 3 aromatic carbocycles. The quantitative estimate of drug-likeness (QED) is 0.286.